The van der Waals surface area contributed by atoms with E-state index in [1.54, 1.807) is 6.07 Å². The molecule has 120 valence electrons. The maximum absolute atomic E-state index is 10.8. The van der Waals surface area contributed by atoms with Gasteiger partial charge in [-0.05, 0) is 18.1 Å². The fraction of sp³-hybridized carbons (Fsp3) is 0.222. The van der Waals surface area contributed by atoms with Crippen molar-refractivity contribution in [1.82, 2.24) is 4.90 Å². The van der Waals surface area contributed by atoms with Crippen LogP contribution in [-0.2, 0) is 6.54 Å². The molecule has 1 aliphatic rings. The van der Waals surface area contributed by atoms with E-state index in [2.05, 4.69) is 22.0 Å². The Kier molecular flexibility index (Phi) is 4.52. The third-order valence-electron chi connectivity index (χ3n) is 3.97. The number of aliphatic imine (C=N–C) groups is 1. The largest absolute Gasteiger partial charge is 0.356 e. The van der Waals surface area contributed by atoms with Crippen LogP contribution in [-0.4, -0.2) is 22.2 Å². The van der Waals surface area contributed by atoms with E-state index in [4.69, 9.17) is 0 Å². The van der Waals surface area contributed by atoms with E-state index in [1.807, 2.05) is 24.3 Å². The second-order valence-corrected chi connectivity index (χ2v) is 5.61. The molecule has 24 heavy (non-hydrogen) atoms. The van der Waals surface area contributed by atoms with Crippen LogP contribution in [0.2, 0.25) is 0 Å². The quantitative estimate of drug-likeness (QED) is 0.634. The van der Waals surface area contributed by atoms with Crippen LogP contribution in [0.1, 0.15) is 24.0 Å². The predicted molar refractivity (Wildman–Crippen MR) is 91.0 cm³/mol. The van der Waals surface area contributed by atoms with Gasteiger partial charge < -0.3 is 4.90 Å². The van der Waals surface area contributed by atoms with Crippen LogP contribution < -0.4 is 0 Å². The van der Waals surface area contributed by atoms with E-state index in [1.165, 1.54) is 17.7 Å². The van der Waals surface area contributed by atoms with Gasteiger partial charge in [0.1, 0.15) is 11.9 Å². The second-order valence-electron chi connectivity index (χ2n) is 5.61. The first kappa shape index (κ1) is 15.7. The molecular formula is C18H16N4O2. The first-order chi connectivity index (χ1) is 11.7. The number of nitro groups is 1. The Morgan fingerprint density at radius 2 is 2.04 bits per heavy atom. The van der Waals surface area contributed by atoms with Crippen LogP contribution >= 0.6 is 0 Å². The zero-order chi connectivity index (χ0) is 16.9. The van der Waals surface area contributed by atoms with Crippen LogP contribution in [0.15, 0.2) is 53.5 Å². The van der Waals surface area contributed by atoms with E-state index in [-0.39, 0.29) is 11.3 Å². The molecule has 6 nitrogen and oxygen atoms in total. The number of nitrogens with zero attached hydrogens (tertiary/aromatic N) is 4. The van der Waals surface area contributed by atoms with Gasteiger partial charge in [-0.1, -0.05) is 30.3 Å². The Balaban J connectivity index is 1.87. The summed E-state index contributed by atoms with van der Waals surface area (Å²) < 4.78 is 0. The van der Waals surface area contributed by atoms with Gasteiger partial charge in [0.05, 0.1) is 16.2 Å². The fourth-order valence-corrected chi connectivity index (χ4v) is 2.78. The molecule has 3 rings (SSSR count). The van der Waals surface area contributed by atoms with Gasteiger partial charge in [0.15, 0.2) is 0 Å². The van der Waals surface area contributed by atoms with E-state index in [0.29, 0.717) is 5.69 Å². The number of nitro benzene ring substituents is 1. The van der Waals surface area contributed by atoms with Crippen LogP contribution in [0.25, 0.3) is 0 Å². The molecule has 0 bridgehead atoms. The Morgan fingerprint density at radius 3 is 2.75 bits per heavy atom. The molecule has 0 N–H and O–H groups in total. The van der Waals surface area contributed by atoms with Crippen molar-refractivity contribution >= 4 is 17.2 Å². The molecule has 0 atom stereocenters. The topological polar surface area (TPSA) is 82.5 Å². The molecule has 0 aromatic heterocycles. The normalized spacial score (nSPS) is 15.5. The summed E-state index contributed by atoms with van der Waals surface area (Å²) in [6.45, 7) is 1.69. The monoisotopic (exact) mass is 320 g/mol. The molecule has 0 aliphatic carbocycles. The maximum Gasteiger partial charge on any atom is 0.270 e. The highest BCUT2D eigenvalue weighted by Crippen LogP contribution is 2.26. The summed E-state index contributed by atoms with van der Waals surface area (Å²) in [6.07, 6.45) is 1.86. The van der Waals surface area contributed by atoms with Gasteiger partial charge >= 0.3 is 0 Å². The average Bonchev–Trinajstić information content (AvgIpc) is 3.02. The Morgan fingerprint density at radius 1 is 1.25 bits per heavy atom. The first-order valence-electron chi connectivity index (χ1n) is 7.72. The van der Waals surface area contributed by atoms with Gasteiger partial charge in [0.25, 0.3) is 5.69 Å². The lowest BCUT2D eigenvalue weighted by atomic mass is 10.1. The van der Waals surface area contributed by atoms with E-state index >= 15 is 0 Å². The molecule has 1 aliphatic heterocycles. The lowest BCUT2D eigenvalue weighted by molar-refractivity contribution is -0.384. The minimum atomic E-state index is -0.505. The average molecular weight is 320 g/mol. The summed E-state index contributed by atoms with van der Waals surface area (Å²) in [5, 5.41) is 20.1. The highest BCUT2D eigenvalue weighted by atomic mass is 16.6. The van der Waals surface area contributed by atoms with Crippen molar-refractivity contribution in [2.75, 3.05) is 6.54 Å². The number of nitriles is 1. The number of benzene rings is 2. The SMILES string of the molecule is N#Cc1cc([N+](=O)[O-])ccc1/N=C1\CCCN1Cc1ccccc1. The number of non-ortho nitro benzene ring substituents is 1. The lowest BCUT2D eigenvalue weighted by Crippen LogP contribution is -2.24. The van der Waals surface area contributed by atoms with Gasteiger partial charge in [-0.25, -0.2) is 4.99 Å². The van der Waals surface area contributed by atoms with Gasteiger partial charge in [0.2, 0.25) is 0 Å². The van der Waals surface area contributed by atoms with Crippen molar-refractivity contribution in [2.24, 2.45) is 4.99 Å². The number of likely N-dealkylation sites (tertiary alicyclic amines) is 1. The van der Waals surface area contributed by atoms with Crippen molar-refractivity contribution in [1.29, 1.82) is 5.26 Å². The molecule has 0 saturated carbocycles. The third-order valence-corrected chi connectivity index (χ3v) is 3.97. The summed E-state index contributed by atoms with van der Waals surface area (Å²) in [5.41, 5.74) is 1.82. The molecule has 1 heterocycles. The summed E-state index contributed by atoms with van der Waals surface area (Å²) in [5.74, 6) is 0.921. The molecule has 0 radical (unpaired) electrons. The molecule has 2 aromatic carbocycles. The van der Waals surface area contributed by atoms with Crippen LogP contribution in [0, 0.1) is 21.4 Å². The van der Waals surface area contributed by atoms with Crippen molar-refractivity contribution in [3.05, 3.63) is 69.8 Å². The maximum atomic E-state index is 10.8. The predicted octanol–water partition coefficient (Wildman–Crippen LogP) is 3.79. The summed E-state index contributed by atoms with van der Waals surface area (Å²) in [4.78, 5) is 17.1. The van der Waals surface area contributed by atoms with Gasteiger partial charge in [0, 0.05) is 31.6 Å². The minimum absolute atomic E-state index is 0.0944. The summed E-state index contributed by atoms with van der Waals surface area (Å²) in [7, 11) is 0. The van der Waals surface area contributed by atoms with E-state index in [0.717, 1.165) is 31.8 Å². The smallest absolute Gasteiger partial charge is 0.270 e. The highest BCUT2D eigenvalue weighted by Gasteiger charge is 2.20. The van der Waals surface area contributed by atoms with E-state index in [9.17, 15) is 15.4 Å². The van der Waals surface area contributed by atoms with Gasteiger partial charge in [-0.3, -0.25) is 10.1 Å². The van der Waals surface area contributed by atoms with Crippen LogP contribution in [0.3, 0.4) is 0 Å². The number of amidine groups is 1. The molecule has 2 aromatic rings. The minimum Gasteiger partial charge on any atom is -0.356 e. The number of hydrogen-bond donors (Lipinski definition) is 0. The highest BCUT2D eigenvalue weighted by molar-refractivity contribution is 5.87. The second kappa shape index (κ2) is 6.92. The zero-order valence-corrected chi connectivity index (χ0v) is 13.1. The van der Waals surface area contributed by atoms with Crippen LogP contribution in [0.4, 0.5) is 11.4 Å². The molecule has 6 heteroatoms. The Hall–Kier alpha value is -3.20. The van der Waals surface area contributed by atoms with Crippen molar-refractivity contribution < 1.29 is 4.92 Å². The van der Waals surface area contributed by atoms with Gasteiger partial charge in [-0.15, -0.1) is 0 Å². The lowest BCUT2D eigenvalue weighted by Gasteiger charge is -2.19. The molecule has 1 fully saturated rings. The van der Waals surface area contributed by atoms with E-state index < -0.39 is 4.92 Å². The van der Waals surface area contributed by atoms with Crippen molar-refractivity contribution in [2.45, 2.75) is 19.4 Å². The number of hydrogen-bond acceptors (Lipinski definition) is 4. The zero-order valence-electron chi connectivity index (χ0n) is 13.1. The molecule has 0 unspecified atom stereocenters. The Labute approximate surface area is 139 Å². The van der Waals surface area contributed by atoms with Crippen LogP contribution in [0.5, 0.6) is 0 Å². The molecule has 0 amide bonds. The first-order valence-corrected chi connectivity index (χ1v) is 7.72. The Bertz CT molecular complexity index is 825. The molecule has 0 spiro atoms. The van der Waals surface area contributed by atoms with Gasteiger partial charge in [-0.2, -0.15) is 5.26 Å². The summed E-state index contributed by atoms with van der Waals surface area (Å²) in [6, 6.07) is 16.3. The fourth-order valence-electron chi connectivity index (χ4n) is 2.78. The molecule has 1 saturated heterocycles. The van der Waals surface area contributed by atoms with Crippen molar-refractivity contribution in [3.8, 4) is 6.07 Å². The van der Waals surface area contributed by atoms with Crippen molar-refractivity contribution in [3.63, 3.8) is 0 Å². The molecular weight excluding hydrogens is 304 g/mol. The third kappa shape index (κ3) is 3.41. The number of rotatable bonds is 4. The standard InChI is InChI=1S/C18H16N4O2/c19-12-15-11-16(22(23)24)8-9-17(15)20-18-7-4-10-21(18)13-14-5-2-1-3-6-14/h1-3,5-6,8-9,11H,4,7,10,13H2/b20-18+. The summed E-state index contributed by atoms with van der Waals surface area (Å²) >= 11 is 0.